The minimum Gasteiger partial charge on any atom is -0.494 e. The van der Waals surface area contributed by atoms with Crippen molar-refractivity contribution in [3.63, 3.8) is 0 Å². The van der Waals surface area contributed by atoms with Crippen molar-refractivity contribution in [1.29, 1.82) is 0 Å². The quantitative estimate of drug-likeness (QED) is 0.897. The third kappa shape index (κ3) is 3.30. The van der Waals surface area contributed by atoms with Crippen LogP contribution in [0.1, 0.15) is 31.9 Å². The van der Waals surface area contributed by atoms with Gasteiger partial charge in [0.1, 0.15) is 0 Å². The van der Waals surface area contributed by atoms with Gasteiger partial charge in [-0.05, 0) is 43.6 Å². The molecule has 1 aliphatic heterocycles. The zero-order valence-electron chi connectivity index (χ0n) is 12.8. The summed E-state index contributed by atoms with van der Waals surface area (Å²) in [5, 5.41) is 3.50. The molecule has 4 heteroatoms. The molecule has 1 aromatic rings. The van der Waals surface area contributed by atoms with E-state index >= 15 is 0 Å². The van der Waals surface area contributed by atoms with Crippen LogP contribution in [-0.4, -0.2) is 38.2 Å². The van der Waals surface area contributed by atoms with E-state index in [1.165, 1.54) is 7.11 Å². The van der Waals surface area contributed by atoms with E-state index in [1.54, 1.807) is 12.1 Å². The molecule has 2 unspecified atom stereocenters. The molecule has 0 saturated carbocycles. The largest absolute Gasteiger partial charge is 0.494 e. The van der Waals surface area contributed by atoms with Gasteiger partial charge in [-0.25, -0.2) is 4.39 Å². The Labute approximate surface area is 121 Å². The van der Waals surface area contributed by atoms with E-state index in [9.17, 15) is 4.39 Å². The highest BCUT2D eigenvalue weighted by Gasteiger charge is 2.33. The van der Waals surface area contributed by atoms with E-state index in [0.717, 1.165) is 25.1 Å². The second-order valence-corrected chi connectivity index (χ2v) is 5.93. The summed E-state index contributed by atoms with van der Waals surface area (Å²) in [6.45, 7) is 6.34. The molecule has 1 heterocycles. The normalized spacial score (nSPS) is 23.5. The number of halogens is 1. The molecule has 0 amide bonds. The minimum atomic E-state index is -0.277. The van der Waals surface area contributed by atoms with Crippen LogP contribution in [0.4, 0.5) is 4.39 Å². The van der Waals surface area contributed by atoms with Gasteiger partial charge in [-0.1, -0.05) is 19.9 Å². The fraction of sp³-hybridized carbons (Fsp3) is 0.625. The molecule has 1 aliphatic rings. The van der Waals surface area contributed by atoms with Crippen molar-refractivity contribution in [2.24, 2.45) is 5.92 Å². The topological polar surface area (TPSA) is 24.5 Å². The summed E-state index contributed by atoms with van der Waals surface area (Å²) in [4.78, 5) is 2.31. The lowest BCUT2D eigenvalue weighted by atomic mass is 9.93. The highest BCUT2D eigenvalue weighted by atomic mass is 19.1. The maximum absolute atomic E-state index is 13.9. The van der Waals surface area contributed by atoms with Crippen LogP contribution in [0.2, 0.25) is 0 Å². The number of benzene rings is 1. The first-order valence-corrected chi connectivity index (χ1v) is 7.30. The highest BCUT2D eigenvalue weighted by molar-refractivity contribution is 5.32. The van der Waals surface area contributed by atoms with E-state index < -0.39 is 0 Å². The first-order valence-electron chi connectivity index (χ1n) is 7.30. The van der Waals surface area contributed by atoms with Gasteiger partial charge < -0.3 is 10.1 Å². The molecule has 3 nitrogen and oxygen atoms in total. The maximum Gasteiger partial charge on any atom is 0.165 e. The summed E-state index contributed by atoms with van der Waals surface area (Å²) in [7, 11) is 3.61. The molecule has 112 valence electrons. The van der Waals surface area contributed by atoms with Gasteiger partial charge in [0.25, 0.3) is 0 Å². The average Bonchev–Trinajstić information content (AvgIpc) is 2.77. The van der Waals surface area contributed by atoms with Gasteiger partial charge in [0.05, 0.1) is 7.11 Å². The Morgan fingerprint density at radius 3 is 2.80 bits per heavy atom. The zero-order chi connectivity index (χ0) is 14.7. The van der Waals surface area contributed by atoms with Crippen LogP contribution in [-0.2, 0) is 0 Å². The Kier molecular flexibility index (Phi) is 5.00. The third-order valence-corrected chi connectivity index (χ3v) is 4.08. The van der Waals surface area contributed by atoms with Gasteiger partial charge in [0.15, 0.2) is 11.6 Å². The summed E-state index contributed by atoms with van der Waals surface area (Å²) < 4.78 is 18.9. The highest BCUT2D eigenvalue weighted by Crippen LogP contribution is 2.37. The summed E-state index contributed by atoms with van der Waals surface area (Å²) >= 11 is 0. The molecular weight excluding hydrogens is 255 g/mol. The molecule has 1 saturated heterocycles. The van der Waals surface area contributed by atoms with E-state index in [2.05, 4.69) is 31.1 Å². The third-order valence-electron chi connectivity index (χ3n) is 4.08. The molecule has 0 spiro atoms. The van der Waals surface area contributed by atoms with Crippen molar-refractivity contribution in [3.8, 4) is 5.75 Å². The Balaban J connectivity index is 2.17. The smallest absolute Gasteiger partial charge is 0.165 e. The first-order chi connectivity index (χ1) is 9.52. The zero-order valence-corrected chi connectivity index (χ0v) is 12.8. The van der Waals surface area contributed by atoms with Gasteiger partial charge in [-0.3, -0.25) is 4.90 Å². The monoisotopic (exact) mass is 280 g/mol. The van der Waals surface area contributed by atoms with Crippen LogP contribution in [0.15, 0.2) is 18.2 Å². The lowest BCUT2D eigenvalue weighted by Gasteiger charge is -2.26. The number of nitrogens with one attached hydrogen (secondary N) is 1. The standard InChI is InChI=1S/C16H25FN2O/c1-11(2)18-10-13-7-8-19(3)16(13)12-5-6-15(20-4)14(17)9-12/h5-6,9,11,13,16,18H,7-8,10H2,1-4H3. The van der Waals surface area contributed by atoms with Crippen LogP contribution in [0, 0.1) is 11.7 Å². The van der Waals surface area contributed by atoms with Crippen LogP contribution in [0.25, 0.3) is 0 Å². The maximum atomic E-state index is 13.9. The van der Waals surface area contributed by atoms with Crippen molar-refractivity contribution < 1.29 is 9.13 Å². The number of hydrogen-bond donors (Lipinski definition) is 1. The summed E-state index contributed by atoms with van der Waals surface area (Å²) in [6.07, 6.45) is 1.15. The molecule has 2 atom stereocenters. The van der Waals surface area contributed by atoms with Gasteiger partial charge in [-0.2, -0.15) is 0 Å². The lowest BCUT2D eigenvalue weighted by Crippen LogP contribution is -2.32. The lowest BCUT2D eigenvalue weighted by molar-refractivity contribution is 0.268. The first kappa shape index (κ1) is 15.3. The van der Waals surface area contributed by atoms with Gasteiger partial charge in [0, 0.05) is 18.6 Å². The molecule has 1 aromatic carbocycles. The Morgan fingerprint density at radius 1 is 1.45 bits per heavy atom. The number of ether oxygens (including phenoxy) is 1. The predicted octanol–water partition coefficient (Wildman–Crippen LogP) is 2.83. The molecule has 0 radical (unpaired) electrons. The van der Waals surface area contributed by atoms with Crippen molar-refractivity contribution in [2.45, 2.75) is 32.4 Å². The number of rotatable bonds is 5. The second kappa shape index (κ2) is 6.55. The van der Waals surface area contributed by atoms with Gasteiger partial charge in [0.2, 0.25) is 0 Å². The number of likely N-dealkylation sites (tertiary alicyclic amines) is 1. The average molecular weight is 280 g/mol. The van der Waals surface area contributed by atoms with Crippen molar-refractivity contribution in [2.75, 3.05) is 27.2 Å². The molecular formula is C16H25FN2O. The summed E-state index contributed by atoms with van der Waals surface area (Å²) in [6, 6.07) is 6.09. The van der Waals surface area contributed by atoms with Crippen LogP contribution >= 0.6 is 0 Å². The number of hydrogen-bond acceptors (Lipinski definition) is 3. The molecule has 0 aliphatic carbocycles. The van der Waals surface area contributed by atoms with Gasteiger partial charge in [-0.15, -0.1) is 0 Å². The second-order valence-electron chi connectivity index (χ2n) is 5.93. The van der Waals surface area contributed by atoms with E-state index in [0.29, 0.717) is 17.7 Å². The van der Waals surface area contributed by atoms with E-state index in [1.807, 2.05) is 6.07 Å². The molecule has 2 rings (SSSR count). The van der Waals surface area contributed by atoms with Gasteiger partial charge >= 0.3 is 0 Å². The molecule has 1 fully saturated rings. The van der Waals surface area contributed by atoms with Crippen molar-refractivity contribution in [3.05, 3.63) is 29.6 Å². The van der Waals surface area contributed by atoms with Crippen LogP contribution in [0.3, 0.4) is 0 Å². The summed E-state index contributed by atoms with van der Waals surface area (Å²) in [5.41, 5.74) is 1.04. The number of nitrogens with zero attached hydrogens (tertiary/aromatic N) is 1. The Bertz CT molecular complexity index is 450. The van der Waals surface area contributed by atoms with E-state index in [-0.39, 0.29) is 11.9 Å². The van der Waals surface area contributed by atoms with Crippen LogP contribution < -0.4 is 10.1 Å². The van der Waals surface area contributed by atoms with Crippen LogP contribution in [0.5, 0.6) is 5.75 Å². The molecule has 0 aromatic heterocycles. The fourth-order valence-electron chi connectivity index (χ4n) is 3.02. The molecule has 1 N–H and O–H groups in total. The summed E-state index contributed by atoms with van der Waals surface area (Å²) in [5.74, 6) is 0.558. The number of methoxy groups -OCH3 is 1. The molecule has 0 bridgehead atoms. The Morgan fingerprint density at radius 2 is 2.20 bits per heavy atom. The minimum absolute atomic E-state index is 0.277. The van der Waals surface area contributed by atoms with E-state index in [4.69, 9.17) is 4.74 Å². The fourth-order valence-corrected chi connectivity index (χ4v) is 3.02. The SMILES string of the molecule is COc1ccc(C2C(CNC(C)C)CCN2C)cc1F. The van der Waals surface area contributed by atoms with Crippen molar-refractivity contribution >= 4 is 0 Å². The Hall–Kier alpha value is -1.13. The predicted molar refractivity (Wildman–Crippen MR) is 79.6 cm³/mol. The van der Waals surface area contributed by atoms with Crippen molar-refractivity contribution in [1.82, 2.24) is 10.2 Å². The molecule has 20 heavy (non-hydrogen) atoms.